The quantitative estimate of drug-likeness (QED) is 0.869. The van der Waals surface area contributed by atoms with E-state index in [4.69, 9.17) is 11.6 Å². The summed E-state index contributed by atoms with van der Waals surface area (Å²) < 4.78 is 0. The Morgan fingerprint density at radius 2 is 1.86 bits per heavy atom. The third-order valence-corrected chi connectivity index (χ3v) is 4.98. The van der Waals surface area contributed by atoms with Crippen LogP contribution in [0.3, 0.4) is 0 Å². The van der Waals surface area contributed by atoms with Gasteiger partial charge in [0.25, 0.3) is 0 Å². The molecule has 3 rings (SSSR count). The molecule has 5 nitrogen and oxygen atoms in total. The lowest BCUT2D eigenvalue weighted by molar-refractivity contribution is 0.477. The third kappa shape index (κ3) is 3.27. The van der Waals surface area contributed by atoms with Crippen molar-refractivity contribution >= 4 is 34.0 Å². The lowest BCUT2D eigenvalue weighted by Gasteiger charge is -2.36. The van der Waals surface area contributed by atoms with Gasteiger partial charge in [0, 0.05) is 37.3 Å². The highest BCUT2D eigenvalue weighted by Crippen LogP contribution is 2.27. The van der Waals surface area contributed by atoms with Crippen molar-refractivity contribution in [3.05, 3.63) is 28.5 Å². The van der Waals surface area contributed by atoms with E-state index in [1.165, 1.54) is 4.88 Å². The van der Waals surface area contributed by atoms with Crippen LogP contribution in [-0.2, 0) is 0 Å². The Labute approximate surface area is 133 Å². The van der Waals surface area contributed by atoms with Crippen LogP contribution in [0.1, 0.15) is 17.7 Å². The Hall–Kier alpha value is -1.40. The first-order valence-electron chi connectivity index (χ1n) is 7.01. The van der Waals surface area contributed by atoms with Gasteiger partial charge in [-0.3, -0.25) is 0 Å². The number of hydrogen-bond acceptors (Lipinski definition) is 6. The van der Waals surface area contributed by atoms with E-state index < -0.39 is 0 Å². The van der Waals surface area contributed by atoms with Crippen LogP contribution < -0.4 is 9.80 Å². The number of hydrogen-bond donors (Lipinski definition) is 0. The molecule has 112 valence electrons. The summed E-state index contributed by atoms with van der Waals surface area (Å²) in [7, 11) is 2.05. The minimum absolute atomic E-state index is 0.462. The summed E-state index contributed by atoms with van der Waals surface area (Å²) in [6.45, 7) is 4.14. The van der Waals surface area contributed by atoms with E-state index in [9.17, 15) is 0 Å². The van der Waals surface area contributed by atoms with Crippen molar-refractivity contribution in [1.29, 1.82) is 0 Å². The lowest BCUT2D eigenvalue weighted by atomic mass is 10.0. The SMILES string of the molecule is Cc1cnc(N2CCC(N(C)c3ncc(Cl)cn3)CC2)s1. The van der Waals surface area contributed by atoms with E-state index in [2.05, 4.69) is 38.7 Å². The van der Waals surface area contributed by atoms with E-state index >= 15 is 0 Å². The van der Waals surface area contributed by atoms with Gasteiger partial charge in [0.1, 0.15) is 0 Å². The summed E-state index contributed by atoms with van der Waals surface area (Å²) >= 11 is 7.60. The largest absolute Gasteiger partial charge is 0.348 e. The first-order valence-corrected chi connectivity index (χ1v) is 8.20. The van der Waals surface area contributed by atoms with E-state index in [0.717, 1.165) is 37.0 Å². The molecule has 0 aromatic carbocycles. The normalized spacial score (nSPS) is 16.2. The van der Waals surface area contributed by atoms with E-state index in [-0.39, 0.29) is 0 Å². The number of aryl methyl sites for hydroxylation is 1. The third-order valence-electron chi connectivity index (χ3n) is 3.81. The molecule has 0 spiro atoms. The van der Waals surface area contributed by atoms with Gasteiger partial charge in [-0.25, -0.2) is 15.0 Å². The fraction of sp³-hybridized carbons (Fsp3) is 0.500. The molecular weight excluding hydrogens is 306 g/mol. The van der Waals surface area contributed by atoms with Crippen LogP contribution in [0.2, 0.25) is 5.02 Å². The highest BCUT2D eigenvalue weighted by Gasteiger charge is 2.25. The minimum atomic E-state index is 0.462. The number of aromatic nitrogens is 3. The van der Waals surface area contributed by atoms with Crippen LogP contribution in [0.15, 0.2) is 18.6 Å². The van der Waals surface area contributed by atoms with Crippen LogP contribution in [0.5, 0.6) is 0 Å². The average molecular weight is 324 g/mol. The van der Waals surface area contributed by atoms with Crippen LogP contribution in [0, 0.1) is 6.92 Å². The summed E-state index contributed by atoms with van der Waals surface area (Å²) in [5.41, 5.74) is 0. The molecule has 0 radical (unpaired) electrons. The van der Waals surface area contributed by atoms with Crippen LogP contribution >= 0.6 is 22.9 Å². The number of piperidine rings is 1. The van der Waals surface area contributed by atoms with Crippen molar-refractivity contribution < 1.29 is 0 Å². The van der Waals surface area contributed by atoms with Gasteiger partial charge in [-0.15, -0.1) is 11.3 Å². The Bertz CT molecular complexity index is 592. The topological polar surface area (TPSA) is 45.2 Å². The summed E-state index contributed by atoms with van der Waals surface area (Å²) in [6, 6.07) is 0.462. The zero-order valence-corrected chi connectivity index (χ0v) is 13.7. The molecule has 2 aromatic rings. The van der Waals surface area contributed by atoms with Crippen LogP contribution in [0.4, 0.5) is 11.1 Å². The highest BCUT2D eigenvalue weighted by atomic mass is 35.5. The summed E-state index contributed by atoms with van der Waals surface area (Å²) in [4.78, 5) is 18.8. The van der Waals surface area contributed by atoms with Crippen molar-refractivity contribution in [2.75, 3.05) is 29.9 Å². The Kier molecular flexibility index (Phi) is 4.26. The molecular formula is C14H18ClN5S. The molecule has 1 saturated heterocycles. The number of thiazole rings is 1. The van der Waals surface area contributed by atoms with Crippen molar-refractivity contribution in [3.8, 4) is 0 Å². The van der Waals surface area contributed by atoms with E-state index in [1.807, 2.05) is 6.20 Å². The molecule has 3 heterocycles. The van der Waals surface area contributed by atoms with Gasteiger partial charge in [0.05, 0.1) is 17.4 Å². The second kappa shape index (κ2) is 6.15. The minimum Gasteiger partial charge on any atom is -0.348 e. The molecule has 0 atom stereocenters. The maximum atomic E-state index is 5.84. The zero-order valence-electron chi connectivity index (χ0n) is 12.2. The highest BCUT2D eigenvalue weighted by molar-refractivity contribution is 7.15. The Morgan fingerprint density at radius 3 is 2.43 bits per heavy atom. The molecule has 0 bridgehead atoms. The van der Waals surface area contributed by atoms with Gasteiger partial charge in [0.15, 0.2) is 5.13 Å². The summed E-state index contributed by atoms with van der Waals surface area (Å²) in [6.07, 6.45) is 7.41. The molecule has 0 saturated carbocycles. The first kappa shape index (κ1) is 14.5. The number of rotatable bonds is 3. The van der Waals surface area contributed by atoms with Gasteiger partial charge >= 0.3 is 0 Å². The van der Waals surface area contributed by atoms with Crippen LogP contribution in [0.25, 0.3) is 0 Å². The molecule has 7 heteroatoms. The van der Waals surface area contributed by atoms with Gasteiger partial charge in [-0.05, 0) is 19.8 Å². The monoisotopic (exact) mass is 323 g/mol. The molecule has 1 aliphatic rings. The predicted octanol–water partition coefficient (Wildman–Crippen LogP) is 3.00. The summed E-state index contributed by atoms with van der Waals surface area (Å²) in [5, 5.41) is 1.71. The van der Waals surface area contributed by atoms with Crippen molar-refractivity contribution in [2.45, 2.75) is 25.8 Å². The Morgan fingerprint density at radius 1 is 1.19 bits per heavy atom. The number of anilines is 2. The molecule has 0 unspecified atom stereocenters. The van der Waals surface area contributed by atoms with Gasteiger partial charge in [0.2, 0.25) is 5.95 Å². The van der Waals surface area contributed by atoms with Crippen molar-refractivity contribution in [2.24, 2.45) is 0 Å². The van der Waals surface area contributed by atoms with E-state index in [1.54, 1.807) is 23.7 Å². The molecule has 1 fully saturated rings. The van der Waals surface area contributed by atoms with Gasteiger partial charge in [-0.1, -0.05) is 11.6 Å². The second-order valence-electron chi connectivity index (χ2n) is 5.28. The lowest BCUT2D eigenvalue weighted by Crippen LogP contribution is -2.44. The zero-order chi connectivity index (χ0) is 14.8. The molecule has 0 aliphatic carbocycles. The van der Waals surface area contributed by atoms with Crippen molar-refractivity contribution in [3.63, 3.8) is 0 Å². The average Bonchev–Trinajstić information content (AvgIpc) is 2.94. The predicted molar refractivity (Wildman–Crippen MR) is 87.5 cm³/mol. The molecule has 21 heavy (non-hydrogen) atoms. The van der Waals surface area contributed by atoms with Crippen molar-refractivity contribution in [1.82, 2.24) is 15.0 Å². The van der Waals surface area contributed by atoms with Gasteiger partial charge < -0.3 is 9.80 Å². The molecule has 0 amide bonds. The fourth-order valence-corrected chi connectivity index (χ4v) is 3.49. The molecule has 1 aliphatic heterocycles. The molecule has 0 N–H and O–H groups in total. The summed E-state index contributed by atoms with van der Waals surface area (Å²) in [5.74, 6) is 0.739. The fourth-order valence-electron chi connectivity index (χ4n) is 2.58. The smallest absolute Gasteiger partial charge is 0.225 e. The number of halogens is 1. The number of nitrogens with zero attached hydrogens (tertiary/aromatic N) is 5. The maximum Gasteiger partial charge on any atom is 0.225 e. The van der Waals surface area contributed by atoms with Gasteiger partial charge in [-0.2, -0.15) is 0 Å². The second-order valence-corrected chi connectivity index (χ2v) is 6.93. The van der Waals surface area contributed by atoms with E-state index in [0.29, 0.717) is 11.1 Å². The maximum absolute atomic E-state index is 5.84. The molecule has 2 aromatic heterocycles. The Balaban J connectivity index is 1.61. The standard InChI is InChI=1S/C14H18ClN5S/c1-10-7-18-14(21-10)20-5-3-12(4-6-20)19(2)13-16-8-11(15)9-17-13/h7-9,12H,3-6H2,1-2H3. The van der Waals surface area contributed by atoms with Crippen LogP contribution in [-0.4, -0.2) is 41.1 Å². The first-order chi connectivity index (χ1) is 10.1.